The molecule has 0 N–H and O–H groups in total. The number of rotatable bonds is 5. The van der Waals surface area contributed by atoms with E-state index < -0.39 is 5.82 Å². The quantitative estimate of drug-likeness (QED) is 0.773. The van der Waals surface area contributed by atoms with Crippen molar-refractivity contribution in [3.63, 3.8) is 0 Å². The number of halogens is 1. The lowest BCUT2D eigenvalue weighted by atomic mass is 9.96. The van der Waals surface area contributed by atoms with Crippen molar-refractivity contribution in [3.05, 3.63) is 65.5 Å². The van der Waals surface area contributed by atoms with Crippen LogP contribution in [-0.4, -0.2) is 61.7 Å². The summed E-state index contributed by atoms with van der Waals surface area (Å²) in [6.07, 6.45) is 2.22. The summed E-state index contributed by atoms with van der Waals surface area (Å²) in [6.45, 7) is 3.71. The SMILES string of the molecule is COc1cccc(F)c1C(=O)N1CCO[C@@H](CN2CCCC2)[C@@H]1c1ccccc1. The second-order valence-electron chi connectivity index (χ2n) is 7.59. The number of benzene rings is 2. The summed E-state index contributed by atoms with van der Waals surface area (Å²) >= 11 is 0. The van der Waals surface area contributed by atoms with Gasteiger partial charge in [0.2, 0.25) is 0 Å². The molecule has 2 aromatic carbocycles. The van der Waals surface area contributed by atoms with Gasteiger partial charge in [0, 0.05) is 13.1 Å². The molecular weight excluding hydrogens is 371 g/mol. The lowest BCUT2D eigenvalue weighted by Crippen LogP contribution is -2.51. The Morgan fingerprint density at radius 3 is 2.59 bits per heavy atom. The minimum Gasteiger partial charge on any atom is -0.496 e. The van der Waals surface area contributed by atoms with E-state index in [9.17, 15) is 9.18 Å². The smallest absolute Gasteiger partial charge is 0.261 e. The number of carbonyl (C=O) groups excluding carboxylic acids is 1. The first-order valence-corrected chi connectivity index (χ1v) is 10.2. The molecule has 2 fully saturated rings. The van der Waals surface area contributed by atoms with E-state index in [1.165, 1.54) is 26.0 Å². The zero-order chi connectivity index (χ0) is 20.2. The second-order valence-corrected chi connectivity index (χ2v) is 7.59. The average molecular weight is 398 g/mol. The maximum absolute atomic E-state index is 14.6. The summed E-state index contributed by atoms with van der Waals surface area (Å²) in [5, 5.41) is 0. The summed E-state index contributed by atoms with van der Waals surface area (Å²) < 4.78 is 26.1. The fraction of sp³-hybridized carbons (Fsp3) is 0.435. The molecule has 2 aliphatic heterocycles. The Balaban J connectivity index is 1.69. The molecule has 1 amide bonds. The maximum Gasteiger partial charge on any atom is 0.261 e. The summed E-state index contributed by atoms with van der Waals surface area (Å²) in [5.41, 5.74) is 0.984. The number of ether oxygens (including phenoxy) is 2. The summed E-state index contributed by atoms with van der Waals surface area (Å²) in [6, 6.07) is 14.1. The van der Waals surface area contributed by atoms with Crippen LogP contribution in [0.5, 0.6) is 5.75 Å². The van der Waals surface area contributed by atoms with Crippen LogP contribution in [0.25, 0.3) is 0 Å². The molecule has 2 saturated heterocycles. The van der Waals surface area contributed by atoms with Gasteiger partial charge in [-0.3, -0.25) is 4.79 Å². The Kier molecular flexibility index (Phi) is 6.11. The summed E-state index contributed by atoms with van der Waals surface area (Å²) in [4.78, 5) is 17.6. The topological polar surface area (TPSA) is 42.0 Å². The van der Waals surface area contributed by atoms with Crippen LogP contribution in [0, 0.1) is 5.82 Å². The van der Waals surface area contributed by atoms with Crippen molar-refractivity contribution >= 4 is 5.91 Å². The number of carbonyl (C=O) groups is 1. The Morgan fingerprint density at radius 1 is 1.10 bits per heavy atom. The molecule has 2 aromatic rings. The van der Waals surface area contributed by atoms with Gasteiger partial charge in [0.15, 0.2) is 0 Å². The van der Waals surface area contributed by atoms with Crippen molar-refractivity contribution in [1.82, 2.24) is 9.80 Å². The standard InChI is InChI=1S/C23H27FN2O3/c1-28-19-11-7-10-18(24)21(19)23(27)26-14-15-29-20(16-25-12-5-6-13-25)22(26)17-8-3-2-4-9-17/h2-4,7-11,20,22H,5-6,12-16H2,1H3/t20-,22-/m0/s1. The van der Waals surface area contributed by atoms with Crippen molar-refractivity contribution < 1.29 is 18.7 Å². The first kappa shape index (κ1) is 19.9. The van der Waals surface area contributed by atoms with Crippen LogP contribution in [-0.2, 0) is 4.74 Å². The Morgan fingerprint density at radius 2 is 1.86 bits per heavy atom. The number of likely N-dealkylation sites (tertiary alicyclic amines) is 1. The van der Waals surface area contributed by atoms with E-state index >= 15 is 0 Å². The fourth-order valence-electron chi connectivity index (χ4n) is 4.40. The third kappa shape index (κ3) is 4.14. The van der Waals surface area contributed by atoms with Crippen LogP contribution in [0.15, 0.2) is 48.5 Å². The minimum atomic E-state index is -0.566. The average Bonchev–Trinajstić information content (AvgIpc) is 3.26. The van der Waals surface area contributed by atoms with E-state index in [1.807, 2.05) is 30.3 Å². The molecule has 2 heterocycles. The fourth-order valence-corrected chi connectivity index (χ4v) is 4.40. The molecule has 0 saturated carbocycles. The molecule has 154 valence electrons. The van der Waals surface area contributed by atoms with E-state index in [-0.39, 0.29) is 29.4 Å². The van der Waals surface area contributed by atoms with Crippen molar-refractivity contribution in [2.45, 2.75) is 25.0 Å². The van der Waals surface area contributed by atoms with Gasteiger partial charge in [0.05, 0.1) is 25.9 Å². The van der Waals surface area contributed by atoms with Gasteiger partial charge < -0.3 is 19.3 Å². The molecule has 4 rings (SSSR count). The molecule has 0 spiro atoms. The van der Waals surface area contributed by atoms with Crippen LogP contribution < -0.4 is 4.74 Å². The van der Waals surface area contributed by atoms with E-state index in [0.29, 0.717) is 13.2 Å². The highest BCUT2D eigenvalue weighted by Gasteiger charge is 2.39. The van der Waals surface area contributed by atoms with Crippen molar-refractivity contribution in [2.75, 3.05) is 39.9 Å². The van der Waals surface area contributed by atoms with E-state index in [2.05, 4.69) is 4.90 Å². The molecular formula is C23H27FN2O3. The Labute approximate surface area is 171 Å². The van der Waals surface area contributed by atoms with Gasteiger partial charge in [-0.25, -0.2) is 4.39 Å². The molecule has 29 heavy (non-hydrogen) atoms. The van der Waals surface area contributed by atoms with Gasteiger partial charge in [0.1, 0.15) is 17.1 Å². The predicted molar refractivity (Wildman–Crippen MR) is 109 cm³/mol. The van der Waals surface area contributed by atoms with Crippen LogP contribution in [0.2, 0.25) is 0 Å². The molecule has 0 bridgehead atoms. The highest BCUT2D eigenvalue weighted by Crippen LogP contribution is 2.34. The molecule has 2 aliphatic rings. The summed E-state index contributed by atoms with van der Waals surface area (Å²) in [5.74, 6) is -0.670. The molecule has 5 nitrogen and oxygen atoms in total. The van der Waals surface area contributed by atoms with Gasteiger partial charge in [0.25, 0.3) is 5.91 Å². The first-order valence-electron chi connectivity index (χ1n) is 10.2. The largest absolute Gasteiger partial charge is 0.496 e. The Bertz CT molecular complexity index is 839. The lowest BCUT2D eigenvalue weighted by Gasteiger charge is -2.43. The molecule has 0 unspecified atom stereocenters. The molecule has 6 heteroatoms. The number of nitrogens with zero attached hydrogens (tertiary/aromatic N) is 2. The molecule has 0 aromatic heterocycles. The van der Waals surface area contributed by atoms with Crippen molar-refractivity contribution in [1.29, 1.82) is 0 Å². The van der Waals surface area contributed by atoms with Crippen LogP contribution >= 0.6 is 0 Å². The highest BCUT2D eigenvalue weighted by atomic mass is 19.1. The van der Waals surface area contributed by atoms with Gasteiger partial charge in [-0.05, 0) is 43.6 Å². The van der Waals surface area contributed by atoms with Gasteiger partial charge >= 0.3 is 0 Å². The van der Waals surface area contributed by atoms with Crippen molar-refractivity contribution in [2.24, 2.45) is 0 Å². The highest BCUT2D eigenvalue weighted by molar-refractivity contribution is 5.97. The zero-order valence-corrected chi connectivity index (χ0v) is 16.7. The summed E-state index contributed by atoms with van der Waals surface area (Å²) in [7, 11) is 1.45. The molecule has 0 aliphatic carbocycles. The van der Waals surface area contributed by atoms with E-state index in [4.69, 9.17) is 9.47 Å². The van der Waals surface area contributed by atoms with Crippen molar-refractivity contribution in [3.8, 4) is 5.75 Å². The number of hydrogen-bond acceptors (Lipinski definition) is 4. The van der Waals surface area contributed by atoms with Gasteiger partial charge in [-0.15, -0.1) is 0 Å². The number of methoxy groups -OCH3 is 1. The van der Waals surface area contributed by atoms with Crippen LogP contribution in [0.4, 0.5) is 4.39 Å². The van der Waals surface area contributed by atoms with Crippen LogP contribution in [0.1, 0.15) is 34.8 Å². The number of morpholine rings is 1. The van der Waals surface area contributed by atoms with E-state index in [0.717, 1.165) is 25.2 Å². The predicted octanol–water partition coefficient (Wildman–Crippen LogP) is 3.51. The third-order valence-corrected chi connectivity index (χ3v) is 5.80. The van der Waals surface area contributed by atoms with Gasteiger partial charge in [-0.1, -0.05) is 36.4 Å². The monoisotopic (exact) mass is 398 g/mol. The Hall–Kier alpha value is -2.44. The number of hydrogen-bond donors (Lipinski definition) is 0. The maximum atomic E-state index is 14.6. The minimum absolute atomic E-state index is 0.0160. The molecule has 0 radical (unpaired) electrons. The normalized spacial score (nSPS) is 22.6. The van der Waals surface area contributed by atoms with Crippen LogP contribution in [0.3, 0.4) is 0 Å². The van der Waals surface area contributed by atoms with Gasteiger partial charge in [-0.2, -0.15) is 0 Å². The first-order chi connectivity index (χ1) is 14.2. The molecule has 2 atom stereocenters. The number of amides is 1. The second kappa shape index (κ2) is 8.93. The van der Waals surface area contributed by atoms with E-state index in [1.54, 1.807) is 17.0 Å². The zero-order valence-electron chi connectivity index (χ0n) is 16.7. The third-order valence-electron chi connectivity index (χ3n) is 5.80. The lowest BCUT2D eigenvalue weighted by molar-refractivity contribution is -0.0708.